The van der Waals surface area contributed by atoms with E-state index in [1.807, 2.05) is 0 Å². The Morgan fingerprint density at radius 2 is 2.13 bits per heavy atom. The van der Waals surface area contributed by atoms with Gasteiger partial charge in [-0.3, -0.25) is 0 Å². The largest absolute Gasteiger partial charge is 0.488 e. The van der Waals surface area contributed by atoms with Crippen LogP contribution in [0.4, 0.5) is 13.2 Å². The molecule has 1 heterocycles. The molecule has 0 aromatic carbocycles. The fraction of sp³-hybridized carbons (Fsp3) is 0.667. The molecule has 0 spiro atoms. The predicted molar refractivity (Wildman–Crippen MR) is 44.8 cm³/mol. The van der Waals surface area contributed by atoms with Crippen LogP contribution in [0.25, 0.3) is 0 Å². The van der Waals surface area contributed by atoms with Gasteiger partial charge < -0.3 is 9.47 Å². The van der Waals surface area contributed by atoms with Crippen LogP contribution >= 0.6 is 0 Å². The second-order valence-corrected chi connectivity index (χ2v) is 3.33. The first-order valence-corrected chi connectivity index (χ1v) is 4.46. The number of rotatable bonds is 0. The highest BCUT2D eigenvalue weighted by atomic mass is 19.4. The molecule has 0 fully saturated rings. The van der Waals surface area contributed by atoms with Gasteiger partial charge in [0.2, 0.25) is 0 Å². The zero-order chi connectivity index (χ0) is 11.5. The van der Waals surface area contributed by atoms with E-state index in [0.29, 0.717) is 0 Å². The first kappa shape index (κ1) is 11.9. The Bertz CT molecular complexity index is 260. The minimum absolute atomic E-state index is 0.0275. The molecule has 0 saturated heterocycles. The molecule has 0 radical (unpaired) electrons. The van der Waals surface area contributed by atoms with Gasteiger partial charge >= 0.3 is 12.1 Å². The lowest BCUT2D eigenvalue weighted by Crippen LogP contribution is -2.36. The van der Waals surface area contributed by atoms with E-state index in [-0.39, 0.29) is 13.0 Å². The summed E-state index contributed by atoms with van der Waals surface area (Å²) < 4.78 is 46.5. The van der Waals surface area contributed by atoms with Crippen LogP contribution in [0.3, 0.4) is 0 Å². The van der Waals surface area contributed by atoms with Crippen molar-refractivity contribution >= 4 is 5.97 Å². The van der Waals surface area contributed by atoms with Gasteiger partial charge in [0.15, 0.2) is 6.10 Å². The summed E-state index contributed by atoms with van der Waals surface area (Å²) in [6.07, 6.45) is -4.61. The summed E-state index contributed by atoms with van der Waals surface area (Å²) in [6.45, 7) is 1.38. The van der Waals surface area contributed by atoms with Crippen molar-refractivity contribution in [2.24, 2.45) is 5.92 Å². The molecule has 1 rings (SSSR count). The molecule has 0 amide bonds. The van der Waals surface area contributed by atoms with Gasteiger partial charge in [-0.25, -0.2) is 4.79 Å². The van der Waals surface area contributed by atoms with Crippen molar-refractivity contribution in [1.82, 2.24) is 0 Å². The van der Waals surface area contributed by atoms with Crippen molar-refractivity contribution < 1.29 is 27.4 Å². The van der Waals surface area contributed by atoms with Crippen molar-refractivity contribution in [3.63, 3.8) is 0 Å². The zero-order valence-electron chi connectivity index (χ0n) is 8.08. The van der Waals surface area contributed by atoms with Crippen LogP contribution in [0.1, 0.15) is 13.3 Å². The molecule has 3 nitrogen and oxygen atoms in total. The van der Waals surface area contributed by atoms with Gasteiger partial charge in [-0.2, -0.15) is 13.2 Å². The van der Waals surface area contributed by atoms with Crippen LogP contribution in [0.5, 0.6) is 0 Å². The molecular formula is C9H11F3O3. The number of cyclic esters (lactones) is 1. The molecule has 0 saturated carbocycles. The monoisotopic (exact) mass is 224 g/mol. The Labute approximate surface area is 84.8 Å². The summed E-state index contributed by atoms with van der Waals surface area (Å²) in [4.78, 5) is 10.8. The average molecular weight is 224 g/mol. The van der Waals surface area contributed by atoms with Gasteiger partial charge in [0.05, 0.1) is 18.9 Å². The summed E-state index contributed by atoms with van der Waals surface area (Å²) in [5.74, 6) is -1.44. The van der Waals surface area contributed by atoms with E-state index in [1.165, 1.54) is 6.92 Å². The Kier molecular flexibility index (Phi) is 3.60. The number of esters is 1. The first-order chi connectivity index (χ1) is 6.91. The van der Waals surface area contributed by atoms with Crippen LogP contribution in [0, 0.1) is 5.92 Å². The molecule has 6 heteroatoms. The maximum Gasteiger partial charge on any atom is 0.425 e. The number of alkyl halides is 3. The van der Waals surface area contributed by atoms with Crippen molar-refractivity contribution in [3.05, 3.63) is 12.3 Å². The summed E-state index contributed by atoms with van der Waals surface area (Å²) in [6, 6.07) is 0. The van der Waals surface area contributed by atoms with Gasteiger partial charge in [0.1, 0.15) is 0 Å². The zero-order valence-corrected chi connectivity index (χ0v) is 8.08. The van der Waals surface area contributed by atoms with E-state index in [0.717, 1.165) is 12.3 Å². The topological polar surface area (TPSA) is 35.5 Å². The van der Waals surface area contributed by atoms with Gasteiger partial charge in [0.25, 0.3) is 0 Å². The van der Waals surface area contributed by atoms with Crippen LogP contribution in [0.15, 0.2) is 12.3 Å². The summed E-state index contributed by atoms with van der Waals surface area (Å²) in [5.41, 5.74) is 0. The minimum Gasteiger partial charge on any atom is -0.488 e. The first-order valence-electron chi connectivity index (χ1n) is 4.46. The fourth-order valence-corrected chi connectivity index (χ4v) is 1.26. The molecule has 1 aliphatic rings. The van der Waals surface area contributed by atoms with E-state index < -0.39 is 24.2 Å². The molecule has 15 heavy (non-hydrogen) atoms. The standard InChI is InChI=1S/C9H11F3O3/c1-6-2-4-14-7(13)3-5-15-8(6)9(10,11)12/h3,5-6,8H,2,4H2,1H3. The lowest BCUT2D eigenvalue weighted by atomic mass is 10.0. The smallest absolute Gasteiger partial charge is 0.425 e. The van der Waals surface area contributed by atoms with Crippen molar-refractivity contribution in [2.75, 3.05) is 6.61 Å². The maximum absolute atomic E-state index is 12.5. The summed E-state index contributed by atoms with van der Waals surface area (Å²) >= 11 is 0. The molecule has 0 aromatic rings. The number of ether oxygens (including phenoxy) is 2. The van der Waals surface area contributed by atoms with Gasteiger partial charge in [0, 0.05) is 5.92 Å². The number of carbonyl (C=O) groups is 1. The third-order valence-electron chi connectivity index (χ3n) is 2.09. The number of halogens is 3. The van der Waals surface area contributed by atoms with Crippen molar-refractivity contribution in [1.29, 1.82) is 0 Å². The highest BCUT2D eigenvalue weighted by Gasteiger charge is 2.44. The third kappa shape index (κ3) is 3.45. The Morgan fingerprint density at radius 3 is 2.73 bits per heavy atom. The average Bonchev–Trinajstić information content (AvgIpc) is 2.16. The molecule has 1 aliphatic heterocycles. The SMILES string of the molecule is CC1CCOC(=O)C=COC1C(F)(F)F. The molecule has 0 bridgehead atoms. The normalized spacial score (nSPS) is 28.4. The minimum atomic E-state index is -4.43. The molecule has 0 N–H and O–H groups in total. The third-order valence-corrected chi connectivity index (χ3v) is 2.09. The lowest BCUT2D eigenvalue weighted by molar-refractivity contribution is -0.220. The highest BCUT2D eigenvalue weighted by Crippen LogP contribution is 2.30. The second-order valence-electron chi connectivity index (χ2n) is 3.33. The van der Waals surface area contributed by atoms with Crippen molar-refractivity contribution in [2.45, 2.75) is 25.6 Å². The van der Waals surface area contributed by atoms with Crippen LogP contribution in [-0.4, -0.2) is 24.9 Å². The lowest BCUT2D eigenvalue weighted by Gasteiger charge is -2.24. The van der Waals surface area contributed by atoms with Crippen molar-refractivity contribution in [3.8, 4) is 0 Å². The van der Waals surface area contributed by atoms with Crippen LogP contribution in [0.2, 0.25) is 0 Å². The van der Waals surface area contributed by atoms with E-state index in [4.69, 9.17) is 0 Å². The van der Waals surface area contributed by atoms with Crippen LogP contribution < -0.4 is 0 Å². The van der Waals surface area contributed by atoms with Gasteiger partial charge in [-0.15, -0.1) is 0 Å². The number of hydrogen-bond acceptors (Lipinski definition) is 3. The quantitative estimate of drug-likeness (QED) is 0.590. The number of hydrogen-bond donors (Lipinski definition) is 0. The summed E-state index contributed by atoms with van der Waals surface area (Å²) in [5, 5.41) is 0. The molecule has 0 aliphatic carbocycles. The van der Waals surface area contributed by atoms with Crippen LogP contribution in [-0.2, 0) is 14.3 Å². The fourth-order valence-electron chi connectivity index (χ4n) is 1.26. The Balaban J connectivity index is 2.75. The highest BCUT2D eigenvalue weighted by molar-refractivity contribution is 5.81. The second kappa shape index (κ2) is 4.55. The molecule has 2 unspecified atom stereocenters. The maximum atomic E-state index is 12.5. The van der Waals surface area contributed by atoms with E-state index >= 15 is 0 Å². The molecule has 2 atom stereocenters. The van der Waals surface area contributed by atoms with E-state index in [1.54, 1.807) is 0 Å². The van der Waals surface area contributed by atoms with Gasteiger partial charge in [-0.05, 0) is 6.42 Å². The summed E-state index contributed by atoms with van der Waals surface area (Å²) in [7, 11) is 0. The number of carbonyl (C=O) groups excluding carboxylic acids is 1. The van der Waals surface area contributed by atoms with Gasteiger partial charge in [-0.1, -0.05) is 6.92 Å². The van der Waals surface area contributed by atoms with E-state index in [9.17, 15) is 18.0 Å². The van der Waals surface area contributed by atoms with E-state index in [2.05, 4.69) is 9.47 Å². The molecule has 86 valence electrons. The predicted octanol–water partition coefficient (Wildman–Crippen LogP) is 2.03. The Morgan fingerprint density at radius 1 is 1.47 bits per heavy atom. The Hall–Kier alpha value is -1.20. The molecule has 0 aromatic heterocycles. The molecular weight excluding hydrogens is 213 g/mol.